The van der Waals surface area contributed by atoms with Gasteiger partial charge in [-0.3, -0.25) is 0 Å². The fourth-order valence-corrected chi connectivity index (χ4v) is 2.74. The van der Waals surface area contributed by atoms with Crippen LogP contribution in [0.4, 0.5) is 5.69 Å². The Morgan fingerprint density at radius 1 is 1.06 bits per heavy atom. The maximum Gasteiger partial charge on any atom is 0.0882 e. The third kappa shape index (κ3) is 2.92. The van der Waals surface area contributed by atoms with Crippen LogP contribution in [0.3, 0.4) is 0 Å². The van der Waals surface area contributed by atoms with E-state index in [0.717, 1.165) is 26.7 Å². The zero-order valence-electron chi connectivity index (χ0n) is 10.2. The maximum atomic E-state index is 7.10. The summed E-state index contributed by atoms with van der Waals surface area (Å²) in [7, 11) is 0. The number of nitrogens with one attached hydrogen (secondary N) is 1. The van der Waals surface area contributed by atoms with E-state index >= 15 is 0 Å². The summed E-state index contributed by atoms with van der Waals surface area (Å²) >= 11 is 7.56. The normalized spacial score (nSPS) is 10.4. The van der Waals surface area contributed by atoms with E-state index in [-0.39, 0.29) is 0 Å². The molecule has 0 atom stereocenters. The minimum Gasteiger partial charge on any atom is -0.204 e. The van der Waals surface area contributed by atoms with Gasteiger partial charge in [0.15, 0.2) is 0 Å². The van der Waals surface area contributed by atoms with Crippen molar-refractivity contribution in [2.45, 2.75) is 23.6 Å². The Morgan fingerprint density at radius 3 is 2.33 bits per heavy atom. The molecule has 0 amide bonds. The van der Waals surface area contributed by atoms with Crippen molar-refractivity contribution in [1.82, 2.24) is 0 Å². The van der Waals surface area contributed by atoms with E-state index in [1.165, 1.54) is 4.90 Å². The smallest absolute Gasteiger partial charge is 0.0882 e. The summed E-state index contributed by atoms with van der Waals surface area (Å²) < 4.78 is 0. The predicted octanol–water partition coefficient (Wildman–Crippen LogP) is 5.77. The summed E-state index contributed by atoms with van der Waals surface area (Å²) in [5.74, 6) is 0. The summed E-state index contributed by atoms with van der Waals surface area (Å²) in [6, 6.07) is 11.8. The largest absolute Gasteiger partial charge is 0.204 e. The van der Waals surface area contributed by atoms with Crippen molar-refractivity contribution in [2.24, 2.45) is 5.11 Å². The highest BCUT2D eigenvalue weighted by Crippen LogP contribution is 2.34. The van der Waals surface area contributed by atoms with Crippen molar-refractivity contribution in [3.05, 3.63) is 52.5 Å². The van der Waals surface area contributed by atoms with Gasteiger partial charge in [-0.2, -0.15) is 5.11 Å². The molecule has 18 heavy (non-hydrogen) atoms. The van der Waals surface area contributed by atoms with Crippen LogP contribution in [-0.2, 0) is 0 Å². The third-order valence-electron chi connectivity index (χ3n) is 2.66. The van der Waals surface area contributed by atoms with Gasteiger partial charge < -0.3 is 0 Å². The second-order valence-electron chi connectivity index (χ2n) is 4.07. The molecule has 0 spiro atoms. The van der Waals surface area contributed by atoms with Gasteiger partial charge in [0, 0.05) is 14.8 Å². The Balaban J connectivity index is 2.32. The minimum atomic E-state index is 0.730. The molecule has 0 radical (unpaired) electrons. The molecule has 0 aliphatic carbocycles. The van der Waals surface area contributed by atoms with Gasteiger partial charge in [0.05, 0.1) is 5.69 Å². The molecule has 0 saturated heterocycles. The first-order valence-electron chi connectivity index (χ1n) is 5.52. The summed E-state index contributed by atoms with van der Waals surface area (Å²) in [6.07, 6.45) is 0. The van der Waals surface area contributed by atoms with Crippen LogP contribution in [0.1, 0.15) is 11.1 Å². The van der Waals surface area contributed by atoms with Crippen LogP contribution >= 0.6 is 23.4 Å². The van der Waals surface area contributed by atoms with Crippen LogP contribution in [0.2, 0.25) is 5.02 Å². The monoisotopic (exact) mass is 276 g/mol. The van der Waals surface area contributed by atoms with E-state index in [9.17, 15) is 0 Å². The molecular weight excluding hydrogens is 264 g/mol. The standard InChI is InChI=1S/C14H13ClN2S/c1-9-8-14(10(2)7-13(9)17-16)18-12-5-3-11(15)4-6-12/h3-8,16H,1-2H3. The Labute approximate surface area is 116 Å². The molecule has 0 aromatic heterocycles. The molecule has 4 heteroatoms. The number of aryl methyl sites for hydroxylation is 2. The average Bonchev–Trinajstić information content (AvgIpc) is 2.36. The molecule has 0 fully saturated rings. The second-order valence-corrected chi connectivity index (χ2v) is 5.62. The van der Waals surface area contributed by atoms with E-state index in [4.69, 9.17) is 17.1 Å². The minimum absolute atomic E-state index is 0.730. The van der Waals surface area contributed by atoms with E-state index in [0.29, 0.717) is 0 Å². The van der Waals surface area contributed by atoms with Gasteiger partial charge in [0.1, 0.15) is 0 Å². The highest BCUT2D eigenvalue weighted by atomic mass is 35.5. The van der Waals surface area contributed by atoms with E-state index in [2.05, 4.69) is 11.2 Å². The van der Waals surface area contributed by atoms with Gasteiger partial charge in [0.25, 0.3) is 0 Å². The van der Waals surface area contributed by atoms with E-state index in [1.54, 1.807) is 11.8 Å². The first-order chi connectivity index (χ1) is 8.60. The van der Waals surface area contributed by atoms with Gasteiger partial charge in [-0.05, 0) is 61.4 Å². The lowest BCUT2D eigenvalue weighted by atomic mass is 10.1. The highest BCUT2D eigenvalue weighted by molar-refractivity contribution is 7.99. The lowest BCUT2D eigenvalue weighted by molar-refractivity contribution is 1.11. The van der Waals surface area contributed by atoms with Crippen molar-refractivity contribution >= 4 is 29.1 Å². The number of halogens is 1. The van der Waals surface area contributed by atoms with Crippen molar-refractivity contribution in [1.29, 1.82) is 5.53 Å². The molecular formula is C14H13ClN2S. The summed E-state index contributed by atoms with van der Waals surface area (Å²) in [4.78, 5) is 2.33. The molecule has 0 unspecified atom stereocenters. The van der Waals surface area contributed by atoms with E-state index in [1.807, 2.05) is 44.2 Å². The molecule has 0 heterocycles. The Kier molecular flexibility index (Phi) is 4.04. The fraction of sp³-hybridized carbons (Fsp3) is 0.143. The molecule has 0 aliphatic heterocycles. The molecule has 0 aliphatic rings. The highest BCUT2D eigenvalue weighted by Gasteiger charge is 2.05. The second kappa shape index (κ2) is 5.55. The molecule has 1 N–H and O–H groups in total. The van der Waals surface area contributed by atoms with E-state index < -0.39 is 0 Å². The first kappa shape index (κ1) is 13.1. The predicted molar refractivity (Wildman–Crippen MR) is 76.3 cm³/mol. The SMILES string of the molecule is Cc1cc(Sc2ccc(Cl)cc2)c(C)cc1N=N. The lowest BCUT2D eigenvalue weighted by Crippen LogP contribution is -1.83. The number of hydrogen-bond acceptors (Lipinski definition) is 3. The van der Waals surface area contributed by atoms with Gasteiger partial charge in [-0.1, -0.05) is 23.4 Å². The first-order valence-corrected chi connectivity index (χ1v) is 6.71. The van der Waals surface area contributed by atoms with Crippen LogP contribution in [-0.4, -0.2) is 0 Å². The number of hydrogen-bond donors (Lipinski definition) is 1. The van der Waals surface area contributed by atoms with Crippen LogP contribution in [0.25, 0.3) is 0 Å². The number of rotatable bonds is 3. The Bertz CT molecular complexity index is 579. The molecule has 0 bridgehead atoms. The molecule has 2 aromatic rings. The summed E-state index contributed by atoms with van der Waals surface area (Å²) in [5.41, 5.74) is 9.98. The van der Waals surface area contributed by atoms with Gasteiger partial charge in [-0.25, -0.2) is 5.53 Å². The van der Waals surface area contributed by atoms with Crippen LogP contribution in [0.15, 0.2) is 51.3 Å². The van der Waals surface area contributed by atoms with Gasteiger partial charge in [-0.15, -0.1) is 0 Å². The summed E-state index contributed by atoms with van der Waals surface area (Å²) in [6.45, 7) is 4.01. The quantitative estimate of drug-likeness (QED) is 0.710. The molecule has 2 nitrogen and oxygen atoms in total. The number of benzene rings is 2. The molecule has 2 aromatic carbocycles. The molecule has 2 rings (SSSR count). The van der Waals surface area contributed by atoms with Crippen molar-refractivity contribution in [3.8, 4) is 0 Å². The maximum absolute atomic E-state index is 7.10. The van der Waals surface area contributed by atoms with Gasteiger partial charge >= 0.3 is 0 Å². The van der Waals surface area contributed by atoms with Crippen LogP contribution < -0.4 is 0 Å². The fourth-order valence-electron chi connectivity index (χ4n) is 1.63. The van der Waals surface area contributed by atoms with Crippen LogP contribution in [0, 0.1) is 19.4 Å². The van der Waals surface area contributed by atoms with Crippen molar-refractivity contribution in [2.75, 3.05) is 0 Å². The molecule has 92 valence electrons. The van der Waals surface area contributed by atoms with Crippen LogP contribution in [0.5, 0.6) is 0 Å². The lowest BCUT2D eigenvalue weighted by Gasteiger charge is -2.08. The average molecular weight is 277 g/mol. The Morgan fingerprint density at radius 2 is 1.72 bits per heavy atom. The third-order valence-corrected chi connectivity index (χ3v) is 4.07. The number of nitrogens with zero attached hydrogens (tertiary/aromatic N) is 1. The van der Waals surface area contributed by atoms with Gasteiger partial charge in [0.2, 0.25) is 0 Å². The summed E-state index contributed by atoms with van der Waals surface area (Å²) in [5, 5.41) is 4.26. The molecule has 0 saturated carbocycles. The zero-order valence-corrected chi connectivity index (χ0v) is 11.8. The van der Waals surface area contributed by atoms with Crippen molar-refractivity contribution in [3.63, 3.8) is 0 Å². The topological polar surface area (TPSA) is 36.2 Å². The zero-order chi connectivity index (χ0) is 13.1. The van der Waals surface area contributed by atoms with Crippen molar-refractivity contribution < 1.29 is 0 Å². The Hall–Kier alpha value is -1.32.